The molecule has 0 bridgehead atoms. The summed E-state index contributed by atoms with van der Waals surface area (Å²) in [5.41, 5.74) is 2.57. The minimum absolute atomic E-state index is 0.204. The fourth-order valence-electron chi connectivity index (χ4n) is 1.13. The molecule has 0 saturated carbocycles. The van der Waals surface area contributed by atoms with Crippen LogP contribution in [0.15, 0.2) is 10.9 Å². The number of fused-ring (bicyclic) bond motifs is 1. The Labute approximate surface area is 62.3 Å². The van der Waals surface area contributed by atoms with Crippen LogP contribution in [0.25, 0.3) is 0 Å². The Balaban J connectivity index is 2.70. The smallest absolute Gasteiger partial charge is 0.275 e. The second-order valence-electron chi connectivity index (χ2n) is 2.36. The van der Waals surface area contributed by atoms with Crippen LogP contribution in [0, 0.1) is 0 Å². The quantitative estimate of drug-likeness (QED) is 0.504. The van der Waals surface area contributed by atoms with Gasteiger partial charge in [-0.15, -0.1) is 0 Å². The van der Waals surface area contributed by atoms with Crippen molar-refractivity contribution >= 4 is 0 Å². The summed E-state index contributed by atoms with van der Waals surface area (Å²) in [5.74, 6) is 0.389. The second-order valence-corrected chi connectivity index (χ2v) is 2.36. The zero-order chi connectivity index (χ0) is 7.84. The monoisotopic (exact) mass is 153 g/mol. The van der Waals surface area contributed by atoms with Crippen molar-refractivity contribution in [3.8, 4) is 5.88 Å². The van der Waals surface area contributed by atoms with E-state index < -0.39 is 0 Å². The van der Waals surface area contributed by atoms with Gasteiger partial charge < -0.3 is 10.5 Å². The zero-order valence-corrected chi connectivity index (χ0v) is 5.74. The summed E-state index contributed by atoms with van der Waals surface area (Å²) in [6, 6.07) is 1.09. The Morgan fingerprint density at radius 2 is 2.55 bits per heavy atom. The largest absolute Gasteiger partial charge is 0.493 e. The van der Waals surface area contributed by atoms with Crippen LogP contribution in [0.2, 0.25) is 0 Å². The van der Waals surface area contributed by atoms with Crippen molar-refractivity contribution in [2.75, 3.05) is 12.0 Å². The maximum atomic E-state index is 11.0. The molecule has 58 valence electrons. The molecular formula is C6H7N3O2. The number of rotatable bonds is 0. The van der Waals surface area contributed by atoms with Gasteiger partial charge >= 0.3 is 0 Å². The molecule has 1 aliphatic heterocycles. The summed E-state index contributed by atoms with van der Waals surface area (Å²) in [4.78, 5) is 14.8. The first-order valence-electron chi connectivity index (χ1n) is 3.33. The predicted octanol–water partition coefficient (Wildman–Crippen LogP) is -0.952. The number of aromatic hydroxyl groups is 1. The zero-order valence-electron chi connectivity index (χ0n) is 5.74. The van der Waals surface area contributed by atoms with Gasteiger partial charge in [-0.2, -0.15) is 4.98 Å². The minimum atomic E-state index is -0.259. The Kier molecular flexibility index (Phi) is 1.12. The standard InChI is InChI=1S/C6H7N3O2/c10-5-3-6(11)9-4(8-5)1-2-7-9/h3,7,10H,1-2H2. The molecule has 0 spiro atoms. The van der Waals surface area contributed by atoms with Crippen LogP contribution in [0.1, 0.15) is 5.82 Å². The first kappa shape index (κ1) is 6.21. The highest BCUT2D eigenvalue weighted by molar-refractivity contribution is 5.12. The molecule has 0 unspecified atom stereocenters. The van der Waals surface area contributed by atoms with Crippen LogP contribution in [-0.2, 0) is 6.42 Å². The fraction of sp³-hybridized carbons (Fsp3) is 0.333. The van der Waals surface area contributed by atoms with Crippen LogP contribution in [-0.4, -0.2) is 21.3 Å². The molecule has 5 heteroatoms. The third-order valence-electron chi connectivity index (χ3n) is 1.59. The highest BCUT2D eigenvalue weighted by Gasteiger charge is 2.12. The Bertz CT molecular complexity index is 344. The molecule has 1 aromatic rings. The molecule has 0 aliphatic carbocycles. The molecule has 1 aliphatic rings. The van der Waals surface area contributed by atoms with Crippen LogP contribution in [0.4, 0.5) is 0 Å². The molecule has 0 atom stereocenters. The van der Waals surface area contributed by atoms with E-state index in [1.807, 2.05) is 0 Å². The fourth-order valence-corrected chi connectivity index (χ4v) is 1.13. The lowest BCUT2D eigenvalue weighted by atomic mass is 10.4. The van der Waals surface area contributed by atoms with Gasteiger partial charge in [0.2, 0.25) is 5.88 Å². The lowest BCUT2D eigenvalue weighted by molar-refractivity contribution is 0.446. The lowest BCUT2D eigenvalue weighted by Gasteiger charge is -2.00. The molecule has 2 rings (SSSR count). The first-order valence-corrected chi connectivity index (χ1v) is 3.33. The van der Waals surface area contributed by atoms with E-state index in [0.717, 1.165) is 6.07 Å². The molecule has 2 heterocycles. The normalized spacial score (nSPS) is 14.2. The van der Waals surface area contributed by atoms with Crippen molar-refractivity contribution in [1.29, 1.82) is 0 Å². The van der Waals surface area contributed by atoms with Crippen LogP contribution in [0.3, 0.4) is 0 Å². The van der Waals surface area contributed by atoms with Crippen LogP contribution >= 0.6 is 0 Å². The summed E-state index contributed by atoms with van der Waals surface area (Å²) >= 11 is 0. The van der Waals surface area contributed by atoms with Gasteiger partial charge in [0.15, 0.2) is 0 Å². The van der Waals surface area contributed by atoms with Gasteiger partial charge in [-0.25, -0.2) is 4.68 Å². The molecule has 0 aromatic carbocycles. The average molecular weight is 153 g/mol. The number of nitrogens with zero attached hydrogens (tertiary/aromatic N) is 2. The minimum Gasteiger partial charge on any atom is -0.493 e. The van der Waals surface area contributed by atoms with Crippen molar-refractivity contribution in [1.82, 2.24) is 9.66 Å². The Hall–Kier alpha value is -1.52. The lowest BCUT2D eigenvalue weighted by Crippen LogP contribution is -2.25. The molecule has 0 saturated heterocycles. The van der Waals surface area contributed by atoms with E-state index in [9.17, 15) is 4.79 Å². The van der Waals surface area contributed by atoms with Gasteiger partial charge in [0.1, 0.15) is 5.82 Å². The van der Waals surface area contributed by atoms with Gasteiger partial charge in [0.25, 0.3) is 5.56 Å². The molecule has 1 aromatic heterocycles. The molecule has 0 fully saturated rings. The molecule has 11 heavy (non-hydrogen) atoms. The second kappa shape index (κ2) is 1.98. The van der Waals surface area contributed by atoms with Crippen molar-refractivity contribution in [2.24, 2.45) is 0 Å². The van der Waals surface area contributed by atoms with Gasteiger partial charge in [0, 0.05) is 13.0 Å². The van der Waals surface area contributed by atoms with E-state index in [2.05, 4.69) is 10.4 Å². The summed E-state index contributed by atoms with van der Waals surface area (Å²) < 4.78 is 1.35. The van der Waals surface area contributed by atoms with Crippen molar-refractivity contribution in [3.63, 3.8) is 0 Å². The summed E-state index contributed by atoms with van der Waals surface area (Å²) in [5, 5.41) is 8.93. The van der Waals surface area contributed by atoms with Gasteiger partial charge in [-0.1, -0.05) is 0 Å². The Morgan fingerprint density at radius 3 is 3.36 bits per heavy atom. The van der Waals surface area contributed by atoms with E-state index in [0.29, 0.717) is 18.8 Å². The Morgan fingerprint density at radius 1 is 1.73 bits per heavy atom. The van der Waals surface area contributed by atoms with Crippen molar-refractivity contribution in [2.45, 2.75) is 6.42 Å². The van der Waals surface area contributed by atoms with Crippen LogP contribution < -0.4 is 11.0 Å². The van der Waals surface area contributed by atoms with E-state index >= 15 is 0 Å². The summed E-state index contributed by atoms with van der Waals surface area (Å²) in [6.45, 7) is 0.700. The highest BCUT2D eigenvalue weighted by atomic mass is 16.3. The maximum absolute atomic E-state index is 11.0. The molecule has 5 nitrogen and oxygen atoms in total. The molecular weight excluding hydrogens is 146 g/mol. The van der Waals surface area contributed by atoms with E-state index in [-0.39, 0.29) is 11.4 Å². The van der Waals surface area contributed by atoms with Gasteiger partial charge in [-0.05, 0) is 0 Å². The highest BCUT2D eigenvalue weighted by Crippen LogP contribution is 2.04. The molecule has 0 amide bonds. The van der Waals surface area contributed by atoms with Crippen LogP contribution in [0.5, 0.6) is 5.88 Å². The van der Waals surface area contributed by atoms with E-state index in [1.54, 1.807) is 0 Å². The topological polar surface area (TPSA) is 67.1 Å². The van der Waals surface area contributed by atoms with Crippen molar-refractivity contribution in [3.05, 3.63) is 22.2 Å². The summed E-state index contributed by atoms with van der Waals surface area (Å²) in [7, 11) is 0. The van der Waals surface area contributed by atoms with E-state index in [1.165, 1.54) is 4.68 Å². The number of aromatic nitrogens is 2. The van der Waals surface area contributed by atoms with Crippen molar-refractivity contribution < 1.29 is 5.11 Å². The SMILES string of the molecule is O=c1cc(O)nc2n1NCC2. The number of nitrogens with one attached hydrogen (secondary N) is 1. The third kappa shape index (κ3) is 0.849. The molecule has 0 radical (unpaired) electrons. The number of hydrogen-bond acceptors (Lipinski definition) is 4. The van der Waals surface area contributed by atoms with Gasteiger partial charge in [0.05, 0.1) is 6.07 Å². The average Bonchev–Trinajstić information content (AvgIpc) is 2.34. The molecule has 2 N–H and O–H groups in total. The van der Waals surface area contributed by atoms with E-state index in [4.69, 9.17) is 5.11 Å². The number of hydrogen-bond donors (Lipinski definition) is 2. The maximum Gasteiger partial charge on any atom is 0.275 e. The third-order valence-corrected chi connectivity index (χ3v) is 1.59. The summed E-state index contributed by atoms with van der Waals surface area (Å²) in [6.07, 6.45) is 0.684. The first-order chi connectivity index (χ1) is 5.27. The predicted molar refractivity (Wildman–Crippen MR) is 38.1 cm³/mol. The van der Waals surface area contributed by atoms with Gasteiger partial charge in [-0.3, -0.25) is 4.79 Å².